The molecule has 1 N–H and O–H groups in total. The predicted molar refractivity (Wildman–Crippen MR) is 119 cm³/mol. The molecule has 1 aliphatic rings. The molecule has 8 heteroatoms. The van der Waals surface area contributed by atoms with Crippen molar-refractivity contribution in [3.63, 3.8) is 0 Å². The van der Waals surface area contributed by atoms with Gasteiger partial charge in [0.25, 0.3) is 0 Å². The summed E-state index contributed by atoms with van der Waals surface area (Å²) in [7, 11) is 1.62. The first-order valence-electron chi connectivity index (χ1n) is 9.43. The number of carbonyl (C=O) groups excluding carboxylic acids is 1. The monoisotopic (exact) mass is 440 g/mol. The van der Waals surface area contributed by atoms with E-state index in [2.05, 4.69) is 10.3 Å². The maximum absolute atomic E-state index is 12.5. The second-order valence-electron chi connectivity index (χ2n) is 6.94. The number of anilines is 1. The molecular weight excluding hydrogens is 420 g/mol. The number of nitrogens with zero attached hydrogens (tertiary/aromatic N) is 3. The largest absolute Gasteiger partial charge is 0.497 e. The normalized spacial score (nSPS) is 15.5. The van der Waals surface area contributed by atoms with Gasteiger partial charge in [-0.25, -0.2) is 4.68 Å². The van der Waals surface area contributed by atoms with Crippen LogP contribution in [0.25, 0.3) is 0 Å². The Kier molecular flexibility index (Phi) is 5.83. The average Bonchev–Trinajstić information content (AvgIpc) is 3.14. The van der Waals surface area contributed by atoms with E-state index in [4.69, 9.17) is 21.4 Å². The minimum Gasteiger partial charge on any atom is -0.497 e. The molecule has 1 aliphatic heterocycles. The third kappa shape index (κ3) is 3.95. The number of halogens is 1. The number of nitrogens with one attached hydrogen (secondary N) is 1. The van der Waals surface area contributed by atoms with Gasteiger partial charge in [-0.2, -0.15) is 4.98 Å². The number of rotatable bonds is 6. The van der Waals surface area contributed by atoms with Crippen molar-refractivity contribution in [3.8, 4) is 5.75 Å². The molecule has 0 radical (unpaired) electrons. The predicted octanol–water partition coefficient (Wildman–Crippen LogP) is 5.11. The molecule has 2 heterocycles. The molecule has 1 aromatic heterocycles. The maximum Gasteiger partial charge on any atom is 0.227 e. The lowest BCUT2D eigenvalue weighted by molar-refractivity contribution is -0.114. The number of allylic oxidation sites excluding steroid dienone is 2. The van der Waals surface area contributed by atoms with Crippen molar-refractivity contribution < 1.29 is 9.53 Å². The van der Waals surface area contributed by atoms with Gasteiger partial charge in [0.15, 0.2) is 5.78 Å². The molecule has 0 amide bonds. The fourth-order valence-electron chi connectivity index (χ4n) is 3.53. The fraction of sp³-hybridized carbons (Fsp3) is 0.227. The number of thioether (sulfide) groups is 1. The molecule has 2 aromatic carbocycles. The van der Waals surface area contributed by atoms with E-state index in [-0.39, 0.29) is 11.8 Å². The van der Waals surface area contributed by atoms with Crippen molar-refractivity contribution >= 4 is 35.1 Å². The number of hydrogen-bond donors (Lipinski definition) is 1. The van der Waals surface area contributed by atoms with Crippen LogP contribution in [0.1, 0.15) is 31.0 Å². The number of ether oxygens (including phenoxy) is 1. The third-order valence-electron chi connectivity index (χ3n) is 4.94. The Labute approximate surface area is 184 Å². The summed E-state index contributed by atoms with van der Waals surface area (Å²) in [5.41, 5.74) is 3.36. The van der Waals surface area contributed by atoms with Gasteiger partial charge >= 0.3 is 0 Å². The Balaban J connectivity index is 1.71. The van der Waals surface area contributed by atoms with E-state index in [0.717, 1.165) is 27.6 Å². The molecule has 30 heavy (non-hydrogen) atoms. The van der Waals surface area contributed by atoms with Crippen LogP contribution < -0.4 is 10.1 Å². The lowest BCUT2D eigenvalue weighted by Gasteiger charge is -2.28. The number of benzene rings is 2. The summed E-state index contributed by atoms with van der Waals surface area (Å²) in [5, 5.41) is 9.27. The summed E-state index contributed by atoms with van der Waals surface area (Å²) < 4.78 is 7.15. The van der Waals surface area contributed by atoms with Gasteiger partial charge in [0.1, 0.15) is 11.8 Å². The van der Waals surface area contributed by atoms with Crippen molar-refractivity contribution in [1.82, 2.24) is 14.8 Å². The standard InChI is InChI=1S/C22H21ClN4O2S/c1-13-19(14(2)28)20(15-8-6-9-17(11-15)29-3)27-21(24-13)25-22(26-27)30-12-16-7-4-5-10-18(16)23/h4-11,20H,12H2,1-3H3,(H,24,25,26). The first-order chi connectivity index (χ1) is 14.5. The Bertz CT molecular complexity index is 1140. The summed E-state index contributed by atoms with van der Waals surface area (Å²) in [6.07, 6.45) is 0. The highest BCUT2D eigenvalue weighted by Crippen LogP contribution is 2.37. The number of ketones is 1. The summed E-state index contributed by atoms with van der Waals surface area (Å²) in [4.78, 5) is 17.1. The average molecular weight is 441 g/mol. The highest BCUT2D eigenvalue weighted by molar-refractivity contribution is 7.98. The number of carbonyl (C=O) groups is 1. The second kappa shape index (κ2) is 8.53. The van der Waals surface area contributed by atoms with Crippen LogP contribution >= 0.6 is 23.4 Å². The quantitative estimate of drug-likeness (QED) is 0.537. The van der Waals surface area contributed by atoms with Gasteiger partial charge in [-0.05, 0) is 43.2 Å². The first-order valence-corrected chi connectivity index (χ1v) is 10.8. The van der Waals surface area contributed by atoms with Crippen LogP contribution in [0.15, 0.2) is 65.0 Å². The third-order valence-corrected chi connectivity index (χ3v) is 6.19. The van der Waals surface area contributed by atoms with Crippen LogP contribution in [0, 0.1) is 0 Å². The molecule has 0 fully saturated rings. The van der Waals surface area contributed by atoms with Crippen molar-refractivity contribution in [2.45, 2.75) is 30.8 Å². The van der Waals surface area contributed by atoms with E-state index in [1.165, 1.54) is 11.8 Å². The zero-order valence-electron chi connectivity index (χ0n) is 16.8. The molecule has 4 rings (SSSR count). The molecule has 0 saturated carbocycles. The molecular formula is C22H21ClN4O2S. The Morgan fingerprint density at radius 1 is 1.27 bits per heavy atom. The van der Waals surface area contributed by atoms with Crippen molar-refractivity contribution in [3.05, 3.63) is 76.0 Å². The number of fused-ring (bicyclic) bond motifs is 1. The second-order valence-corrected chi connectivity index (χ2v) is 8.29. The minimum atomic E-state index is -0.379. The first kappa shape index (κ1) is 20.5. The molecule has 0 spiro atoms. The van der Waals surface area contributed by atoms with Crippen LogP contribution in [0.3, 0.4) is 0 Å². The highest BCUT2D eigenvalue weighted by atomic mass is 35.5. The van der Waals surface area contributed by atoms with Crippen LogP contribution in [0.4, 0.5) is 5.95 Å². The molecule has 0 aliphatic carbocycles. The molecule has 0 bridgehead atoms. The molecule has 6 nitrogen and oxygen atoms in total. The van der Waals surface area contributed by atoms with Crippen LogP contribution in [-0.2, 0) is 10.5 Å². The molecule has 3 aromatic rings. The summed E-state index contributed by atoms with van der Waals surface area (Å²) >= 11 is 7.77. The van der Waals surface area contributed by atoms with Gasteiger partial charge in [0.05, 0.1) is 7.11 Å². The number of hydrogen-bond acceptors (Lipinski definition) is 6. The number of methoxy groups -OCH3 is 1. The zero-order valence-corrected chi connectivity index (χ0v) is 18.4. The van der Waals surface area contributed by atoms with Gasteiger partial charge in [-0.15, -0.1) is 5.10 Å². The van der Waals surface area contributed by atoms with Crippen molar-refractivity contribution in [2.24, 2.45) is 0 Å². The molecule has 1 atom stereocenters. The summed E-state index contributed by atoms with van der Waals surface area (Å²) in [5.74, 6) is 1.96. The topological polar surface area (TPSA) is 69.0 Å². The van der Waals surface area contributed by atoms with E-state index >= 15 is 0 Å². The molecule has 1 unspecified atom stereocenters. The number of Topliss-reactive ketones (excluding diaryl/α,β-unsaturated/α-hetero) is 1. The van der Waals surface area contributed by atoms with E-state index in [1.54, 1.807) is 18.7 Å². The van der Waals surface area contributed by atoms with E-state index in [1.807, 2.05) is 55.5 Å². The minimum absolute atomic E-state index is 0.0146. The van der Waals surface area contributed by atoms with Gasteiger partial charge in [-0.3, -0.25) is 4.79 Å². The fourth-order valence-corrected chi connectivity index (χ4v) is 4.64. The Hall–Kier alpha value is -2.77. The Morgan fingerprint density at radius 3 is 2.80 bits per heavy atom. The maximum atomic E-state index is 12.5. The molecule has 154 valence electrons. The van der Waals surface area contributed by atoms with Crippen molar-refractivity contribution in [1.29, 1.82) is 0 Å². The van der Waals surface area contributed by atoms with E-state index in [0.29, 0.717) is 22.4 Å². The lowest BCUT2D eigenvalue weighted by Crippen LogP contribution is -2.27. The summed E-state index contributed by atoms with van der Waals surface area (Å²) in [6.45, 7) is 3.46. The van der Waals surface area contributed by atoms with Crippen LogP contribution in [0.5, 0.6) is 5.75 Å². The smallest absolute Gasteiger partial charge is 0.227 e. The highest BCUT2D eigenvalue weighted by Gasteiger charge is 2.32. The van der Waals surface area contributed by atoms with Gasteiger partial charge in [0.2, 0.25) is 11.1 Å². The lowest BCUT2D eigenvalue weighted by atomic mass is 9.93. The summed E-state index contributed by atoms with van der Waals surface area (Å²) in [6, 6.07) is 15.0. The Morgan fingerprint density at radius 2 is 2.07 bits per heavy atom. The van der Waals surface area contributed by atoms with Crippen LogP contribution in [-0.4, -0.2) is 27.7 Å². The SMILES string of the molecule is COc1cccc(C2C(C(C)=O)=C(C)Nc3nc(SCc4ccccc4Cl)nn32)c1. The van der Waals surface area contributed by atoms with Gasteiger partial charge < -0.3 is 10.1 Å². The number of aromatic nitrogens is 3. The van der Waals surface area contributed by atoms with E-state index < -0.39 is 0 Å². The van der Waals surface area contributed by atoms with Crippen LogP contribution in [0.2, 0.25) is 5.02 Å². The van der Waals surface area contributed by atoms with Gasteiger partial charge in [-0.1, -0.05) is 53.7 Å². The van der Waals surface area contributed by atoms with E-state index in [9.17, 15) is 4.79 Å². The van der Waals surface area contributed by atoms with Crippen molar-refractivity contribution in [2.75, 3.05) is 12.4 Å². The van der Waals surface area contributed by atoms with Gasteiger partial charge in [0, 0.05) is 22.0 Å². The molecule has 0 saturated heterocycles. The zero-order chi connectivity index (χ0) is 21.3.